The minimum Gasteiger partial charge on any atom is -0.492 e. The van der Waals surface area contributed by atoms with Crippen LogP contribution in [0.15, 0.2) is 29.3 Å². The molecule has 1 aliphatic rings. The first kappa shape index (κ1) is 18.5. The fourth-order valence-electron chi connectivity index (χ4n) is 2.13. The standard InChI is InChI=1S/C18H28FN3O2/c1-2-20-18(21-9-4-11-23-14-15-7-8-15)22-10-12-24-17-6-3-5-16(19)13-17/h3,5-6,13,15H,2,4,7-12,14H2,1H3,(H2,20,21,22). The van der Waals surface area contributed by atoms with Crippen molar-refractivity contribution in [2.45, 2.75) is 26.2 Å². The highest BCUT2D eigenvalue weighted by molar-refractivity contribution is 5.79. The van der Waals surface area contributed by atoms with Crippen molar-refractivity contribution >= 4 is 5.96 Å². The molecule has 0 aromatic heterocycles. The van der Waals surface area contributed by atoms with Crippen LogP contribution in [0.3, 0.4) is 0 Å². The molecule has 0 spiro atoms. The Kier molecular flexibility index (Phi) is 8.38. The van der Waals surface area contributed by atoms with Crippen molar-refractivity contribution in [3.8, 4) is 5.75 Å². The third-order valence-electron chi connectivity index (χ3n) is 3.57. The van der Waals surface area contributed by atoms with Crippen LogP contribution in [0.1, 0.15) is 26.2 Å². The van der Waals surface area contributed by atoms with Gasteiger partial charge in [-0.3, -0.25) is 4.99 Å². The van der Waals surface area contributed by atoms with Crippen molar-refractivity contribution in [1.82, 2.24) is 10.6 Å². The molecule has 2 rings (SSSR count). The molecule has 0 amide bonds. The van der Waals surface area contributed by atoms with Crippen LogP contribution in [0, 0.1) is 11.7 Å². The largest absolute Gasteiger partial charge is 0.492 e. The lowest BCUT2D eigenvalue weighted by molar-refractivity contribution is 0.123. The number of aliphatic imine (C=N–C) groups is 1. The molecule has 0 atom stereocenters. The Bertz CT molecular complexity index is 507. The van der Waals surface area contributed by atoms with Crippen LogP contribution >= 0.6 is 0 Å². The molecule has 0 radical (unpaired) electrons. The normalized spacial score (nSPS) is 14.5. The molecule has 1 aromatic rings. The number of hydrogen-bond acceptors (Lipinski definition) is 3. The van der Waals surface area contributed by atoms with Gasteiger partial charge in [-0.2, -0.15) is 0 Å². The molecule has 1 fully saturated rings. The van der Waals surface area contributed by atoms with E-state index in [1.165, 1.54) is 25.0 Å². The maximum Gasteiger partial charge on any atom is 0.191 e. The molecule has 0 saturated heterocycles. The number of ether oxygens (including phenoxy) is 2. The van der Waals surface area contributed by atoms with Gasteiger partial charge in [0, 0.05) is 32.4 Å². The average Bonchev–Trinajstić information content (AvgIpc) is 3.39. The summed E-state index contributed by atoms with van der Waals surface area (Å²) in [5, 5.41) is 6.40. The molecular formula is C18H28FN3O2. The van der Waals surface area contributed by atoms with Gasteiger partial charge in [-0.05, 0) is 44.2 Å². The number of rotatable bonds is 11. The smallest absolute Gasteiger partial charge is 0.191 e. The fourth-order valence-corrected chi connectivity index (χ4v) is 2.13. The molecular weight excluding hydrogens is 309 g/mol. The minimum atomic E-state index is -0.292. The van der Waals surface area contributed by atoms with Crippen LogP contribution in [-0.4, -0.2) is 45.4 Å². The molecule has 1 aliphatic carbocycles. The lowest BCUT2D eigenvalue weighted by Gasteiger charge is -2.12. The zero-order valence-corrected chi connectivity index (χ0v) is 14.4. The van der Waals surface area contributed by atoms with Crippen LogP contribution in [0.25, 0.3) is 0 Å². The lowest BCUT2D eigenvalue weighted by Crippen LogP contribution is -2.39. The SMILES string of the molecule is CCNC(=NCCCOCC1CC1)NCCOc1cccc(F)c1. The van der Waals surface area contributed by atoms with E-state index >= 15 is 0 Å². The van der Waals surface area contributed by atoms with Gasteiger partial charge in [-0.25, -0.2) is 4.39 Å². The van der Waals surface area contributed by atoms with Gasteiger partial charge in [0.1, 0.15) is 18.2 Å². The van der Waals surface area contributed by atoms with E-state index in [0.717, 1.165) is 44.6 Å². The molecule has 0 aliphatic heterocycles. The van der Waals surface area contributed by atoms with Gasteiger partial charge >= 0.3 is 0 Å². The van der Waals surface area contributed by atoms with Crippen molar-refractivity contribution in [3.05, 3.63) is 30.1 Å². The van der Waals surface area contributed by atoms with Gasteiger partial charge in [-0.15, -0.1) is 0 Å². The van der Waals surface area contributed by atoms with E-state index < -0.39 is 0 Å². The molecule has 2 N–H and O–H groups in total. The van der Waals surface area contributed by atoms with Gasteiger partial charge in [-0.1, -0.05) is 6.07 Å². The monoisotopic (exact) mass is 337 g/mol. The Balaban J connectivity index is 1.57. The van der Waals surface area contributed by atoms with Crippen LogP contribution in [0.5, 0.6) is 5.75 Å². The maximum absolute atomic E-state index is 13.0. The van der Waals surface area contributed by atoms with Gasteiger partial charge in [0.25, 0.3) is 0 Å². The summed E-state index contributed by atoms with van der Waals surface area (Å²) >= 11 is 0. The maximum atomic E-state index is 13.0. The highest BCUT2D eigenvalue weighted by Crippen LogP contribution is 2.28. The van der Waals surface area contributed by atoms with Gasteiger partial charge in [0.15, 0.2) is 5.96 Å². The third-order valence-corrected chi connectivity index (χ3v) is 3.57. The first-order chi connectivity index (χ1) is 11.8. The van der Waals surface area contributed by atoms with Crippen molar-refractivity contribution in [2.75, 3.05) is 39.5 Å². The van der Waals surface area contributed by atoms with E-state index in [-0.39, 0.29) is 5.82 Å². The van der Waals surface area contributed by atoms with Crippen molar-refractivity contribution in [3.63, 3.8) is 0 Å². The van der Waals surface area contributed by atoms with E-state index in [1.54, 1.807) is 12.1 Å². The molecule has 0 heterocycles. The van der Waals surface area contributed by atoms with Crippen molar-refractivity contribution in [2.24, 2.45) is 10.9 Å². The summed E-state index contributed by atoms with van der Waals surface area (Å²) < 4.78 is 24.1. The molecule has 0 unspecified atom stereocenters. The van der Waals surface area contributed by atoms with Gasteiger partial charge < -0.3 is 20.1 Å². The molecule has 1 aromatic carbocycles. The number of nitrogens with zero attached hydrogens (tertiary/aromatic N) is 1. The molecule has 24 heavy (non-hydrogen) atoms. The summed E-state index contributed by atoms with van der Waals surface area (Å²) in [6.45, 7) is 6.26. The number of nitrogens with one attached hydrogen (secondary N) is 2. The quantitative estimate of drug-likeness (QED) is 0.370. The average molecular weight is 337 g/mol. The summed E-state index contributed by atoms with van der Waals surface area (Å²) in [5.74, 6) is 1.82. The van der Waals surface area contributed by atoms with E-state index in [2.05, 4.69) is 15.6 Å². The second kappa shape index (κ2) is 10.9. The minimum absolute atomic E-state index is 0.292. The van der Waals surface area contributed by atoms with Gasteiger partial charge in [0.05, 0.1) is 6.54 Å². The Morgan fingerprint density at radius 3 is 2.92 bits per heavy atom. The summed E-state index contributed by atoms with van der Waals surface area (Å²) in [7, 11) is 0. The second-order valence-electron chi connectivity index (χ2n) is 5.87. The first-order valence-electron chi connectivity index (χ1n) is 8.76. The highest BCUT2D eigenvalue weighted by atomic mass is 19.1. The predicted molar refractivity (Wildman–Crippen MR) is 94.0 cm³/mol. The van der Waals surface area contributed by atoms with E-state index in [9.17, 15) is 4.39 Å². The van der Waals surface area contributed by atoms with Crippen LogP contribution in [0.2, 0.25) is 0 Å². The van der Waals surface area contributed by atoms with Crippen LogP contribution in [0.4, 0.5) is 4.39 Å². The van der Waals surface area contributed by atoms with Gasteiger partial charge in [0.2, 0.25) is 0 Å². The first-order valence-corrected chi connectivity index (χ1v) is 8.76. The van der Waals surface area contributed by atoms with Crippen molar-refractivity contribution in [1.29, 1.82) is 0 Å². The molecule has 0 bridgehead atoms. The number of benzene rings is 1. The summed E-state index contributed by atoms with van der Waals surface area (Å²) in [5.41, 5.74) is 0. The topological polar surface area (TPSA) is 54.9 Å². The Labute approximate surface area is 143 Å². The van der Waals surface area contributed by atoms with E-state index in [1.807, 2.05) is 6.92 Å². The van der Waals surface area contributed by atoms with Crippen molar-refractivity contribution < 1.29 is 13.9 Å². The third kappa shape index (κ3) is 8.15. The number of guanidine groups is 1. The Morgan fingerprint density at radius 2 is 2.17 bits per heavy atom. The Hall–Kier alpha value is -1.82. The fraction of sp³-hybridized carbons (Fsp3) is 0.611. The van der Waals surface area contributed by atoms with E-state index in [0.29, 0.717) is 18.9 Å². The number of halogens is 1. The molecule has 1 saturated carbocycles. The highest BCUT2D eigenvalue weighted by Gasteiger charge is 2.20. The zero-order valence-electron chi connectivity index (χ0n) is 14.4. The molecule has 134 valence electrons. The summed E-state index contributed by atoms with van der Waals surface area (Å²) in [6, 6.07) is 6.15. The number of hydrogen-bond donors (Lipinski definition) is 2. The second-order valence-corrected chi connectivity index (χ2v) is 5.87. The lowest BCUT2D eigenvalue weighted by atomic mass is 10.3. The summed E-state index contributed by atoms with van der Waals surface area (Å²) in [6.07, 6.45) is 3.57. The van der Waals surface area contributed by atoms with Crippen LogP contribution < -0.4 is 15.4 Å². The van der Waals surface area contributed by atoms with Crippen LogP contribution in [-0.2, 0) is 4.74 Å². The Morgan fingerprint density at radius 1 is 1.29 bits per heavy atom. The van der Waals surface area contributed by atoms with E-state index in [4.69, 9.17) is 9.47 Å². The predicted octanol–water partition coefficient (Wildman–Crippen LogP) is 2.58. The molecule has 5 nitrogen and oxygen atoms in total. The summed E-state index contributed by atoms with van der Waals surface area (Å²) in [4.78, 5) is 4.50. The zero-order chi connectivity index (χ0) is 17.0. The molecule has 6 heteroatoms.